The normalized spacial score (nSPS) is 11.0. The quantitative estimate of drug-likeness (QED) is 0.846. The van der Waals surface area contributed by atoms with Crippen LogP contribution in [0, 0.1) is 17.1 Å². The van der Waals surface area contributed by atoms with Gasteiger partial charge in [0, 0.05) is 11.8 Å². The molecule has 0 atom stereocenters. The first kappa shape index (κ1) is 13.2. The average molecular weight is 275 g/mol. The second-order valence-electron chi connectivity index (χ2n) is 4.11. The van der Waals surface area contributed by atoms with Crippen LogP contribution in [0.25, 0.3) is 11.1 Å². The molecule has 0 saturated carbocycles. The lowest BCUT2D eigenvalue weighted by atomic mass is 10.0. The summed E-state index contributed by atoms with van der Waals surface area (Å²) in [6.07, 6.45) is 1.10. The Hall–Kier alpha value is -2.19. The zero-order valence-corrected chi connectivity index (χ0v) is 10.9. The van der Waals surface area contributed by atoms with Crippen LogP contribution in [0.4, 0.5) is 4.39 Å². The van der Waals surface area contributed by atoms with Gasteiger partial charge in [-0.15, -0.1) is 0 Å². The number of nitrogens with zero attached hydrogens (tertiary/aromatic N) is 1. The second kappa shape index (κ2) is 4.82. The third-order valence-electron chi connectivity index (χ3n) is 2.67. The fourth-order valence-electron chi connectivity index (χ4n) is 1.71. The molecule has 2 aromatic rings. The minimum atomic E-state index is -3.33. The lowest BCUT2D eigenvalue weighted by molar-refractivity contribution is 0.602. The Morgan fingerprint density at radius 1 is 1.16 bits per heavy atom. The van der Waals surface area contributed by atoms with Gasteiger partial charge in [-0.2, -0.15) is 5.26 Å². The Morgan fingerprint density at radius 3 is 2.47 bits per heavy atom. The van der Waals surface area contributed by atoms with E-state index >= 15 is 0 Å². The lowest BCUT2D eigenvalue weighted by Crippen LogP contribution is -1.97. The molecule has 0 heterocycles. The zero-order chi connectivity index (χ0) is 14.0. The van der Waals surface area contributed by atoms with Crippen LogP contribution < -0.4 is 0 Å². The van der Waals surface area contributed by atoms with E-state index in [1.165, 1.54) is 24.3 Å². The van der Waals surface area contributed by atoms with E-state index in [1.54, 1.807) is 12.1 Å². The maximum atomic E-state index is 13.9. The molecule has 2 rings (SSSR count). The molecule has 19 heavy (non-hydrogen) atoms. The van der Waals surface area contributed by atoms with E-state index < -0.39 is 15.7 Å². The maximum absolute atomic E-state index is 13.9. The Labute approximate surface area is 110 Å². The fraction of sp³-hybridized carbons (Fsp3) is 0.0714. The minimum absolute atomic E-state index is 0.133. The van der Waals surface area contributed by atoms with E-state index in [1.807, 2.05) is 6.07 Å². The number of nitriles is 1. The zero-order valence-electron chi connectivity index (χ0n) is 10.1. The molecule has 3 nitrogen and oxygen atoms in total. The molecule has 96 valence electrons. The average Bonchev–Trinajstić information content (AvgIpc) is 2.37. The second-order valence-corrected chi connectivity index (χ2v) is 6.12. The number of sulfone groups is 1. The van der Waals surface area contributed by atoms with E-state index in [2.05, 4.69) is 0 Å². The van der Waals surface area contributed by atoms with Crippen LogP contribution in [0.2, 0.25) is 0 Å². The molecule has 0 spiro atoms. The number of benzene rings is 2. The third kappa shape index (κ3) is 2.80. The Morgan fingerprint density at radius 2 is 1.89 bits per heavy atom. The van der Waals surface area contributed by atoms with Gasteiger partial charge in [-0.1, -0.05) is 18.2 Å². The van der Waals surface area contributed by atoms with Crippen molar-refractivity contribution in [3.63, 3.8) is 0 Å². The van der Waals surface area contributed by atoms with Crippen LogP contribution in [-0.4, -0.2) is 14.7 Å². The first-order chi connectivity index (χ1) is 8.91. The molecule has 0 fully saturated rings. The SMILES string of the molecule is CS(=O)(=O)c1cccc(-c2ccc(C#N)cc2F)c1. The summed E-state index contributed by atoms with van der Waals surface area (Å²) in [5.74, 6) is -0.551. The molecule has 0 amide bonds. The number of hydrogen-bond donors (Lipinski definition) is 0. The minimum Gasteiger partial charge on any atom is -0.224 e. The van der Waals surface area contributed by atoms with Crippen molar-refractivity contribution in [1.29, 1.82) is 5.26 Å². The van der Waals surface area contributed by atoms with Gasteiger partial charge in [0.1, 0.15) is 5.82 Å². The molecule has 0 aliphatic heterocycles. The molecule has 0 radical (unpaired) electrons. The van der Waals surface area contributed by atoms with E-state index in [0.717, 1.165) is 12.3 Å². The maximum Gasteiger partial charge on any atom is 0.175 e. The Kier molecular flexibility index (Phi) is 3.36. The monoisotopic (exact) mass is 275 g/mol. The predicted molar refractivity (Wildman–Crippen MR) is 69.7 cm³/mol. The van der Waals surface area contributed by atoms with Crippen LogP contribution in [-0.2, 0) is 9.84 Å². The first-order valence-corrected chi connectivity index (χ1v) is 7.31. The van der Waals surface area contributed by atoms with Gasteiger partial charge in [0.2, 0.25) is 0 Å². The summed E-state index contributed by atoms with van der Waals surface area (Å²) in [7, 11) is -3.33. The van der Waals surface area contributed by atoms with Crippen LogP contribution >= 0.6 is 0 Å². The molecule has 0 saturated heterocycles. The van der Waals surface area contributed by atoms with Gasteiger partial charge in [-0.3, -0.25) is 0 Å². The molecule has 0 aliphatic carbocycles. The highest BCUT2D eigenvalue weighted by Crippen LogP contribution is 2.25. The summed E-state index contributed by atoms with van der Waals surface area (Å²) < 4.78 is 36.8. The Bertz CT molecular complexity index is 776. The van der Waals surface area contributed by atoms with E-state index in [-0.39, 0.29) is 16.0 Å². The van der Waals surface area contributed by atoms with Crippen molar-refractivity contribution in [3.05, 3.63) is 53.8 Å². The van der Waals surface area contributed by atoms with Crippen LogP contribution in [0.5, 0.6) is 0 Å². The highest BCUT2D eigenvalue weighted by Gasteiger charge is 2.11. The van der Waals surface area contributed by atoms with E-state index in [9.17, 15) is 12.8 Å². The van der Waals surface area contributed by atoms with Crippen molar-refractivity contribution in [3.8, 4) is 17.2 Å². The largest absolute Gasteiger partial charge is 0.224 e. The van der Waals surface area contributed by atoms with Gasteiger partial charge in [-0.25, -0.2) is 12.8 Å². The molecule has 0 aliphatic rings. The number of halogens is 1. The topological polar surface area (TPSA) is 57.9 Å². The molecule has 0 N–H and O–H groups in total. The fourth-order valence-corrected chi connectivity index (χ4v) is 2.38. The number of rotatable bonds is 2. The molecular formula is C14H10FNO2S. The molecule has 0 bridgehead atoms. The smallest absolute Gasteiger partial charge is 0.175 e. The van der Waals surface area contributed by atoms with Gasteiger partial charge >= 0.3 is 0 Å². The van der Waals surface area contributed by atoms with Crippen molar-refractivity contribution in [2.24, 2.45) is 0 Å². The van der Waals surface area contributed by atoms with Gasteiger partial charge in [0.25, 0.3) is 0 Å². The van der Waals surface area contributed by atoms with Crippen molar-refractivity contribution in [2.75, 3.05) is 6.26 Å². The van der Waals surface area contributed by atoms with Crippen molar-refractivity contribution < 1.29 is 12.8 Å². The van der Waals surface area contributed by atoms with Gasteiger partial charge in [-0.05, 0) is 29.8 Å². The lowest BCUT2D eigenvalue weighted by Gasteiger charge is -2.06. The standard InChI is InChI=1S/C14H10FNO2S/c1-19(17,18)12-4-2-3-11(8-12)13-6-5-10(9-16)7-14(13)15/h2-8H,1H3. The van der Waals surface area contributed by atoms with E-state index in [0.29, 0.717) is 5.56 Å². The Balaban J connectivity index is 2.58. The summed E-state index contributed by atoms with van der Waals surface area (Å²) in [5.41, 5.74) is 0.954. The van der Waals surface area contributed by atoms with Crippen LogP contribution in [0.1, 0.15) is 5.56 Å². The van der Waals surface area contributed by atoms with Gasteiger partial charge in [0.15, 0.2) is 9.84 Å². The van der Waals surface area contributed by atoms with Gasteiger partial charge in [0.05, 0.1) is 16.5 Å². The van der Waals surface area contributed by atoms with E-state index in [4.69, 9.17) is 5.26 Å². The highest BCUT2D eigenvalue weighted by atomic mass is 32.2. The van der Waals surface area contributed by atoms with Crippen LogP contribution in [0.15, 0.2) is 47.4 Å². The summed E-state index contributed by atoms with van der Waals surface area (Å²) in [5, 5.41) is 8.68. The summed E-state index contributed by atoms with van der Waals surface area (Å²) >= 11 is 0. The van der Waals surface area contributed by atoms with Crippen molar-refractivity contribution >= 4 is 9.84 Å². The molecule has 0 unspecified atom stereocenters. The first-order valence-electron chi connectivity index (χ1n) is 5.42. The van der Waals surface area contributed by atoms with Crippen molar-refractivity contribution in [1.82, 2.24) is 0 Å². The number of hydrogen-bond acceptors (Lipinski definition) is 3. The molecular weight excluding hydrogens is 265 g/mol. The summed E-state index contributed by atoms with van der Waals surface area (Å²) in [6.45, 7) is 0. The molecule has 5 heteroatoms. The van der Waals surface area contributed by atoms with Crippen LogP contribution in [0.3, 0.4) is 0 Å². The third-order valence-corrected chi connectivity index (χ3v) is 3.78. The summed E-state index contributed by atoms with van der Waals surface area (Å²) in [4.78, 5) is 0.133. The molecule has 0 aromatic heterocycles. The predicted octanol–water partition coefficient (Wildman–Crippen LogP) is 2.77. The highest BCUT2D eigenvalue weighted by molar-refractivity contribution is 7.90. The van der Waals surface area contributed by atoms with Crippen molar-refractivity contribution in [2.45, 2.75) is 4.90 Å². The summed E-state index contributed by atoms with van der Waals surface area (Å²) in [6, 6.07) is 12.0. The van der Waals surface area contributed by atoms with Gasteiger partial charge < -0.3 is 0 Å². The molecule has 2 aromatic carbocycles.